The smallest absolute Gasteiger partial charge is 0.325 e. The van der Waals surface area contributed by atoms with Crippen LogP contribution in [0.3, 0.4) is 0 Å². The average molecular weight is 326 g/mol. The fourth-order valence-corrected chi connectivity index (χ4v) is 2.67. The summed E-state index contributed by atoms with van der Waals surface area (Å²) >= 11 is 0. The van der Waals surface area contributed by atoms with Crippen LogP contribution >= 0.6 is 0 Å². The normalized spacial score (nSPS) is 24.4. The average Bonchev–Trinajstić information content (AvgIpc) is 2.44. The summed E-state index contributed by atoms with van der Waals surface area (Å²) in [6, 6.07) is 0. The van der Waals surface area contributed by atoms with Crippen LogP contribution in [0.15, 0.2) is 11.6 Å². The highest BCUT2D eigenvalue weighted by molar-refractivity contribution is 6.04. The summed E-state index contributed by atoms with van der Waals surface area (Å²) in [5.74, 6) is -3.06. The van der Waals surface area contributed by atoms with Crippen LogP contribution in [0.5, 0.6) is 0 Å². The molecular weight excluding hydrogens is 300 g/mol. The molecule has 2 atom stereocenters. The van der Waals surface area contributed by atoms with Crippen LogP contribution in [0, 0.1) is 11.3 Å². The number of hydrogen-bond donors (Lipinski definition) is 0. The van der Waals surface area contributed by atoms with Crippen molar-refractivity contribution >= 4 is 17.9 Å². The molecule has 0 fully saturated rings. The molecule has 0 radical (unpaired) electrons. The molecule has 0 aromatic heterocycles. The van der Waals surface area contributed by atoms with Crippen molar-refractivity contribution in [3.63, 3.8) is 0 Å². The Labute approximate surface area is 137 Å². The molecule has 130 valence electrons. The lowest BCUT2D eigenvalue weighted by molar-refractivity contribution is -0.189. The Morgan fingerprint density at radius 2 is 1.87 bits per heavy atom. The zero-order valence-electron chi connectivity index (χ0n) is 14.7. The maximum absolute atomic E-state index is 12.8. The molecule has 0 aromatic rings. The topological polar surface area (TPSA) is 78.9 Å². The van der Waals surface area contributed by atoms with Crippen molar-refractivity contribution in [1.29, 1.82) is 0 Å². The van der Waals surface area contributed by atoms with Crippen LogP contribution in [0.2, 0.25) is 0 Å². The summed E-state index contributed by atoms with van der Waals surface area (Å²) in [6.45, 7) is 8.82. The van der Waals surface area contributed by atoms with E-state index in [0.29, 0.717) is 0 Å². The molecular formula is C17H26O6. The molecule has 0 heterocycles. The van der Waals surface area contributed by atoms with E-state index in [1.54, 1.807) is 33.8 Å². The third-order valence-corrected chi connectivity index (χ3v) is 3.78. The van der Waals surface area contributed by atoms with Gasteiger partial charge >= 0.3 is 17.9 Å². The van der Waals surface area contributed by atoms with Gasteiger partial charge in [-0.2, -0.15) is 0 Å². The third-order valence-electron chi connectivity index (χ3n) is 3.78. The van der Waals surface area contributed by atoms with Gasteiger partial charge in [0.25, 0.3) is 0 Å². The van der Waals surface area contributed by atoms with E-state index in [9.17, 15) is 14.4 Å². The van der Waals surface area contributed by atoms with E-state index in [0.717, 1.165) is 5.57 Å². The number of carbonyl (C=O) groups excluding carboxylic acids is 3. The molecule has 0 saturated heterocycles. The predicted octanol–water partition coefficient (Wildman–Crippen LogP) is 2.41. The molecule has 6 heteroatoms. The first-order valence-corrected chi connectivity index (χ1v) is 7.72. The lowest BCUT2D eigenvalue weighted by Crippen LogP contribution is -2.53. The van der Waals surface area contributed by atoms with Crippen molar-refractivity contribution in [3.05, 3.63) is 11.6 Å². The van der Waals surface area contributed by atoms with Gasteiger partial charge in [0.05, 0.1) is 19.6 Å². The molecule has 23 heavy (non-hydrogen) atoms. The molecule has 6 nitrogen and oxygen atoms in total. The van der Waals surface area contributed by atoms with Gasteiger partial charge in [-0.05, 0) is 47.5 Å². The van der Waals surface area contributed by atoms with Crippen molar-refractivity contribution in [2.45, 2.75) is 53.1 Å². The number of carbonyl (C=O) groups is 3. The van der Waals surface area contributed by atoms with Gasteiger partial charge < -0.3 is 14.2 Å². The number of hydrogen-bond acceptors (Lipinski definition) is 6. The predicted molar refractivity (Wildman–Crippen MR) is 83.4 cm³/mol. The second-order valence-electron chi connectivity index (χ2n) is 6.73. The van der Waals surface area contributed by atoms with Crippen LogP contribution in [0.1, 0.15) is 47.5 Å². The summed E-state index contributed by atoms with van der Waals surface area (Å²) in [7, 11) is 1.20. The first-order valence-electron chi connectivity index (χ1n) is 7.72. The fraction of sp³-hybridized carbons (Fsp3) is 0.706. The van der Waals surface area contributed by atoms with Crippen LogP contribution in [-0.2, 0) is 28.6 Å². The monoisotopic (exact) mass is 326 g/mol. The summed E-state index contributed by atoms with van der Waals surface area (Å²) in [5.41, 5.74) is -1.56. The van der Waals surface area contributed by atoms with E-state index in [1.807, 2.05) is 6.92 Å². The zero-order chi connectivity index (χ0) is 17.8. The number of methoxy groups -OCH3 is 1. The van der Waals surface area contributed by atoms with Gasteiger partial charge in [-0.15, -0.1) is 0 Å². The van der Waals surface area contributed by atoms with Crippen molar-refractivity contribution in [2.24, 2.45) is 11.3 Å². The molecule has 0 bridgehead atoms. The lowest BCUT2D eigenvalue weighted by Gasteiger charge is -2.38. The molecule has 0 unspecified atom stereocenters. The minimum atomic E-state index is -1.70. The van der Waals surface area contributed by atoms with Gasteiger partial charge in [0.15, 0.2) is 5.41 Å². The largest absolute Gasteiger partial charge is 0.468 e. The van der Waals surface area contributed by atoms with E-state index >= 15 is 0 Å². The maximum atomic E-state index is 12.8. The summed E-state index contributed by atoms with van der Waals surface area (Å²) in [5, 5.41) is 0. The van der Waals surface area contributed by atoms with E-state index in [2.05, 4.69) is 0 Å². The van der Waals surface area contributed by atoms with E-state index in [4.69, 9.17) is 14.2 Å². The standard InChI is InChI=1S/C17H26O6/c1-7-22-13(18)12-10-11(2)8-9-17(12,14(19)21-6)15(20)23-16(3,4)5/h8,12H,7,9-10H2,1-6H3/t12-,17-/m1/s1. The van der Waals surface area contributed by atoms with Crippen molar-refractivity contribution in [1.82, 2.24) is 0 Å². The second-order valence-corrected chi connectivity index (χ2v) is 6.73. The van der Waals surface area contributed by atoms with E-state index in [-0.39, 0.29) is 19.4 Å². The number of rotatable bonds is 4. The van der Waals surface area contributed by atoms with Gasteiger partial charge in [-0.25, -0.2) is 0 Å². The van der Waals surface area contributed by atoms with E-state index in [1.165, 1.54) is 7.11 Å². The maximum Gasteiger partial charge on any atom is 0.325 e. The van der Waals surface area contributed by atoms with Gasteiger partial charge in [0.1, 0.15) is 5.60 Å². The molecule has 0 amide bonds. The van der Waals surface area contributed by atoms with Crippen LogP contribution in [-0.4, -0.2) is 37.2 Å². The number of ether oxygens (including phenoxy) is 3. The molecule has 1 aliphatic rings. The molecule has 0 spiro atoms. The lowest BCUT2D eigenvalue weighted by atomic mass is 9.66. The second kappa shape index (κ2) is 7.15. The molecule has 0 aromatic carbocycles. The highest BCUT2D eigenvalue weighted by atomic mass is 16.6. The Hall–Kier alpha value is -1.85. The van der Waals surface area contributed by atoms with Crippen molar-refractivity contribution in [3.8, 4) is 0 Å². The van der Waals surface area contributed by atoms with Crippen LogP contribution < -0.4 is 0 Å². The molecule has 1 aliphatic carbocycles. The Balaban J connectivity index is 3.36. The van der Waals surface area contributed by atoms with Crippen molar-refractivity contribution < 1.29 is 28.6 Å². The number of allylic oxidation sites excluding steroid dienone is 2. The molecule has 0 saturated carbocycles. The molecule has 0 N–H and O–H groups in total. The van der Waals surface area contributed by atoms with Gasteiger partial charge in [-0.1, -0.05) is 11.6 Å². The highest BCUT2D eigenvalue weighted by Crippen LogP contribution is 2.44. The SMILES string of the molecule is CCOC(=O)[C@H]1CC(C)=CC[C@@]1(C(=O)OC)C(=O)OC(C)(C)C. The first-order chi connectivity index (χ1) is 10.6. The Bertz CT molecular complexity index is 514. The Morgan fingerprint density at radius 1 is 1.26 bits per heavy atom. The van der Waals surface area contributed by atoms with Crippen molar-refractivity contribution in [2.75, 3.05) is 13.7 Å². The summed E-state index contributed by atoms with van der Waals surface area (Å²) in [4.78, 5) is 37.7. The highest BCUT2D eigenvalue weighted by Gasteiger charge is 2.59. The van der Waals surface area contributed by atoms with Gasteiger partial charge in [0.2, 0.25) is 0 Å². The van der Waals surface area contributed by atoms with Crippen LogP contribution in [0.25, 0.3) is 0 Å². The van der Waals surface area contributed by atoms with Gasteiger partial charge in [-0.3, -0.25) is 14.4 Å². The fourth-order valence-electron chi connectivity index (χ4n) is 2.67. The third kappa shape index (κ3) is 4.12. The van der Waals surface area contributed by atoms with Gasteiger partial charge in [0, 0.05) is 0 Å². The Morgan fingerprint density at radius 3 is 2.35 bits per heavy atom. The van der Waals surface area contributed by atoms with E-state index < -0.39 is 34.8 Å². The minimum absolute atomic E-state index is 0.0594. The Kier molecular flexibility index (Phi) is 5.97. The molecule has 1 rings (SSSR count). The molecule has 0 aliphatic heterocycles. The quantitative estimate of drug-likeness (QED) is 0.342. The summed E-state index contributed by atoms with van der Waals surface area (Å²) in [6.07, 6.45) is 2.09. The zero-order valence-corrected chi connectivity index (χ0v) is 14.7. The minimum Gasteiger partial charge on any atom is -0.468 e. The number of esters is 3. The first kappa shape index (κ1) is 19.2. The summed E-state index contributed by atoms with van der Waals surface area (Å²) < 4.78 is 15.3. The van der Waals surface area contributed by atoms with Crippen LogP contribution in [0.4, 0.5) is 0 Å².